The summed E-state index contributed by atoms with van der Waals surface area (Å²) in [6.07, 6.45) is 0. The lowest BCUT2D eigenvalue weighted by Crippen LogP contribution is -2.66. The normalized spacial score (nSPS) is 31.4. The third-order valence-electron chi connectivity index (χ3n) is 4.96. The fourth-order valence-corrected chi connectivity index (χ4v) is 31.4. The van der Waals surface area contributed by atoms with E-state index in [1.807, 2.05) is 0 Å². The van der Waals surface area contributed by atoms with Crippen LogP contribution in [0, 0.1) is 0 Å². The maximum absolute atomic E-state index is 6.96. The van der Waals surface area contributed by atoms with Crippen molar-refractivity contribution in [1.29, 1.82) is 0 Å². The van der Waals surface area contributed by atoms with Crippen LogP contribution in [0.3, 0.4) is 0 Å². The van der Waals surface area contributed by atoms with Crippen LogP contribution in [0.25, 0.3) is 0 Å². The largest absolute Gasteiger partial charge is 0.416 e. The molecule has 150 valence electrons. The van der Waals surface area contributed by atoms with Crippen LogP contribution in [-0.4, -0.2) is 42.8 Å². The Hall–Kier alpha value is 0.884. The minimum absolute atomic E-state index is 0.917. The first-order chi connectivity index (χ1) is 11.3. The highest BCUT2D eigenvalue weighted by molar-refractivity contribution is 6.94. The van der Waals surface area contributed by atoms with Crippen LogP contribution in [0.5, 0.6) is 0 Å². The van der Waals surface area contributed by atoms with Crippen molar-refractivity contribution >= 4 is 42.8 Å². The van der Waals surface area contributed by atoms with Gasteiger partial charge in [-0.15, -0.1) is 0 Å². The highest BCUT2D eigenvalue weighted by atomic mass is 28.5. The molecule has 25 heavy (non-hydrogen) atoms. The van der Waals surface area contributed by atoms with Crippen LogP contribution in [0.4, 0.5) is 0 Å². The van der Waals surface area contributed by atoms with Crippen molar-refractivity contribution in [3.63, 3.8) is 0 Å². The Labute approximate surface area is 161 Å². The fourth-order valence-electron chi connectivity index (χ4n) is 3.62. The summed E-state index contributed by atoms with van der Waals surface area (Å²) >= 11 is 0. The average Bonchev–Trinajstić information content (AvgIpc) is 2.50. The van der Waals surface area contributed by atoms with Gasteiger partial charge in [-0.05, 0) is 63.0 Å². The third kappa shape index (κ3) is 6.19. The van der Waals surface area contributed by atoms with Crippen LogP contribution in [0.2, 0.25) is 63.0 Å². The zero-order valence-corrected chi connectivity index (χ0v) is 23.1. The van der Waals surface area contributed by atoms with E-state index in [4.69, 9.17) is 20.6 Å². The van der Waals surface area contributed by atoms with Crippen molar-refractivity contribution < 1.29 is 20.6 Å². The lowest BCUT2D eigenvalue weighted by molar-refractivity contribution is 0.225. The zero-order valence-electron chi connectivity index (χ0n) is 18.1. The number of rotatable bonds is 5. The van der Waals surface area contributed by atoms with Gasteiger partial charge in [-0.25, -0.2) is 0 Å². The standard InChI is InChI=1S/C15H40O5Si5/c1-11-23(10)17-21(6,7)16-22(8,9)18-24(12-2,13-3)20-25(14-4,15-5)19-23/h11-15H2,1-10H3. The average molecular weight is 441 g/mol. The van der Waals surface area contributed by atoms with Gasteiger partial charge in [0.2, 0.25) is 0 Å². The second kappa shape index (κ2) is 8.49. The topological polar surface area (TPSA) is 46.2 Å². The summed E-state index contributed by atoms with van der Waals surface area (Å²) in [4.78, 5) is 0. The third-order valence-corrected chi connectivity index (χ3v) is 27.8. The molecule has 1 aliphatic rings. The molecule has 5 nitrogen and oxygen atoms in total. The van der Waals surface area contributed by atoms with E-state index in [-0.39, 0.29) is 0 Å². The summed E-state index contributed by atoms with van der Waals surface area (Å²) in [5.74, 6) is 0. The molecule has 0 radical (unpaired) electrons. The lowest BCUT2D eigenvalue weighted by atomic mass is 10.9. The maximum Gasteiger partial charge on any atom is 0.320 e. The molecule has 10 heteroatoms. The Balaban J connectivity index is 3.47. The van der Waals surface area contributed by atoms with Gasteiger partial charge in [0.25, 0.3) is 0 Å². The van der Waals surface area contributed by atoms with E-state index in [9.17, 15) is 0 Å². The molecule has 0 saturated carbocycles. The zero-order chi connectivity index (χ0) is 19.6. The van der Waals surface area contributed by atoms with E-state index in [1.54, 1.807) is 0 Å². The monoisotopic (exact) mass is 440 g/mol. The van der Waals surface area contributed by atoms with Gasteiger partial charge in [0.05, 0.1) is 0 Å². The summed E-state index contributed by atoms with van der Waals surface area (Å²) in [6, 6.07) is 4.68. The van der Waals surface area contributed by atoms with Gasteiger partial charge in [-0.1, -0.05) is 34.6 Å². The van der Waals surface area contributed by atoms with E-state index in [1.165, 1.54) is 0 Å². The lowest BCUT2D eigenvalue weighted by Gasteiger charge is -2.50. The molecule has 1 rings (SSSR count). The van der Waals surface area contributed by atoms with Gasteiger partial charge in [-0.2, -0.15) is 0 Å². The summed E-state index contributed by atoms with van der Waals surface area (Å²) in [5.41, 5.74) is 0. The summed E-state index contributed by atoms with van der Waals surface area (Å²) < 4.78 is 33.8. The first kappa shape index (κ1) is 23.9. The SMILES string of the molecule is CC[Si]1(C)O[Si](C)(C)O[Si](C)(C)O[Si](CC)(CC)O[Si](CC)(CC)O1. The second-order valence-corrected chi connectivity index (χ2v) is 27.2. The van der Waals surface area contributed by atoms with Gasteiger partial charge in [0.15, 0.2) is 0 Å². The van der Waals surface area contributed by atoms with Crippen LogP contribution in [0.1, 0.15) is 34.6 Å². The molecular formula is C15H40O5Si5. The highest BCUT2D eigenvalue weighted by Crippen LogP contribution is 2.37. The number of hydrogen-bond donors (Lipinski definition) is 0. The van der Waals surface area contributed by atoms with E-state index >= 15 is 0 Å². The van der Waals surface area contributed by atoms with Crippen molar-refractivity contribution in [3.05, 3.63) is 0 Å². The molecule has 0 bridgehead atoms. The van der Waals surface area contributed by atoms with Crippen LogP contribution < -0.4 is 0 Å². The molecule has 1 fully saturated rings. The molecule has 0 aromatic heterocycles. The molecule has 0 N–H and O–H groups in total. The fraction of sp³-hybridized carbons (Fsp3) is 1.00. The Morgan fingerprint density at radius 3 is 1.24 bits per heavy atom. The minimum Gasteiger partial charge on any atom is -0.416 e. The Bertz CT molecular complexity index is 440. The Kier molecular flexibility index (Phi) is 8.13. The van der Waals surface area contributed by atoms with E-state index in [2.05, 4.69) is 67.4 Å². The van der Waals surface area contributed by atoms with E-state index < -0.39 is 42.8 Å². The molecule has 0 aromatic carbocycles. The van der Waals surface area contributed by atoms with E-state index in [0.717, 1.165) is 30.2 Å². The van der Waals surface area contributed by atoms with Crippen LogP contribution in [0.15, 0.2) is 0 Å². The van der Waals surface area contributed by atoms with Gasteiger partial charge in [-0.3, -0.25) is 0 Å². The van der Waals surface area contributed by atoms with Crippen molar-refractivity contribution in [1.82, 2.24) is 0 Å². The van der Waals surface area contributed by atoms with Crippen LogP contribution in [-0.2, 0) is 20.6 Å². The Morgan fingerprint density at radius 1 is 0.440 bits per heavy atom. The van der Waals surface area contributed by atoms with Gasteiger partial charge in [0.1, 0.15) is 0 Å². The predicted molar refractivity (Wildman–Crippen MR) is 116 cm³/mol. The minimum atomic E-state index is -2.36. The molecule has 1 heterocycles. The van der Waals surface area contributed by atoms with Gasteiger partial charge < -0.3 is 20.6 Å². The highest BCUT2D eigenvalue weighted by Gasteiger charge is 2.55. The molecule has 1 saturated heterocycles. The molecular weight excluding hydrogens is 401 g/mol. The molecule has 0 spiro atoms. The smallest absolute Gasteiger partial charge is 0.320 e. The van der Waals surface area contributed by atoms with Crippen molar-refractivity contribution in [2.24, 2.45) is 0 Å². The van der Waals surface area contributed by atoms with E-state index in [0.29, 0.717) is 0 Å². The van der Waals surface area contributed by atoms with Crippen molar-refractivity contribution in [2.75, 3.05) is 0 Å². The van der Waals surface area contributed by atoms with Gasteiger partial charge >= 0.3 is 42.8 Å². The Morgan fingerprint density at radius 2 is 0.840 bits per heavy atom. The summed E-state index contributed by atoms with van der Waals surface area (Å²) in [5, 5.41) is 0. The number of hydrogen-bond acceptors (Lipinski definition) is 5. The predicted octanol–water partition coefficient (Wildman–Crippen LogP) is 5.54. The maximum atomic E-state index is 6.96. The summed E-state index contributed by atoms with van der Waals surface area (Å²) in [7, 11) is -11.7. The molecule has 0 amide bonds. The molecule has 0 aromatic rings. The summed E-state index contributed by atoms with van der Waals surface area (Å²) in [6.45, 7) is 21.8. The molecule has 1 aliphatic heterocycles. The van der Waals surface area contributed by atoms with Crippen molar-refractivity contribution in [3.8, 4) is 0 Å². The second-order valence-electron chi connectivity index (χ2n) is 8.03. The van der Waals surface area contributed by atoms with Crippen molar-refractivity contribution in [2.45, 2.75) is 97.6 Å². The molecule has 1 atom stereocenters. The molecule has 0 aliphatic carbocycles. The quantitative estimate of drug-likeness (QED) is 0.525. The molecule has 1 unspecified atom stereocenters. The first-order valence-corrected chi connectivity index (χ1v) is 22.5. The first-order valence-electron chi connectivity index (χ1n) is 9.84. The van der Waals surface area contributed by atoms with Crippen LogP contribution >= 0.6 is 0 Å². The van der Waals surface area contributed by atoms with Gasteiger partial charge in [0, 0.05) is 0 Å².